The van der Waals surface area contributed by atoms with Crippen LogP contribution in [0.2, 0.25) is 0 Å². The number of carbonyl (C=O) groups excluding carboxylic acids is 1. The molecular formula is C13H17NO2. The molecule has 0 spiro atoms. The lowest BCUT2D eigenvalue weighted by Gasteiger charge is -2.34. The fraction of sp³-hybridized carbons (Fsp3) is 0.538. The summed E-state index contributed by atoms with van der Waals surface area (Å²) in [6.45, 7) is 2.78. The van der Waals surface area contributed by atoms with Gasteiger partial charge in [-0.1, -0.05) is 0 Å². The van der Waals surface area contributed by atoms with Gasteiger partial charge in [-0.2, -0.15) is 0 Å². The SMILES string of the molecule is CCOC1CC(CC(=O)c2cccnc2)C1. The summed E-state index contributed by atoms with van der Waals surface area (Å²) in [5, 5.41) is 0. The highest BCUT2D eigenvalue weighted by Crippen LogP contribution is 2.33. The van der Waals surface area contributed by atoms with E-state index < -0.39 is 0 Å². The molecule has 16 heavy (non-hydrogen) atoms. The molecule has 0 N–H and O–H groups in total. The molecule has 0 unspecified atom stereocenters. The standard InChI is InChI=1S/C13H17NO2/c1-2-16-12-6-10(7-12)8-13(15)11-4-3-5-14-9-11/h3-5,9-10,12H,2,6-8H2,1H3. The fourth-order valence-electron chi connectivity index (χ4n) is 2.12. The lowest BCUT2D eigenvalue weighted by molar-refractivity contribution is -0.0246. The third-order valence-corrected chi connectivity index (χ3v) is 3.05. The molecule has 0 aromatic carbocycles. The van der Waals surface area contributed by atoms with Crippen molar-refractivity contribution in [3.05, 3.63) is 30.1 Å². The topological polar surface area (TPSA) is 39.2 Å². The summed E-state index contributed by atoms with van der Waals surface area (Å²) in [5.74, 6) is 0.706. The molecule has 3 nitrogen and oxygen atoms in total. The predicted octanol–water partition coefficient (Wildman–Crippen LogP) is 2.47. The third-order valence-electron chi connectivity index (χ3n) is 3.05. The Hall–Kier alpha value is -1.22. The molecular weight excluding hydrogens is 202 g/mol. The number of hydrogen-bond acceptors (Lipinski definition) is 3. The van der Waals surface area contributed by atoms with E-state index in [4.69, 9.17) is 4.74 Å². The van der Waals surface area contributed by atoms with E-state index in [1.165, 1.54) is 0 Å². The molecule has 0 amide bonds. The summed E-state index contributed by atoms with van der Waals surface area (Å²) in [5.41, 5.74) is 0.724. The van der Waals surface area contributed by atoms with Crippen LogP contribution in [0, 0.1) is 5.92 Å². The first-order valence-electron chi connectivity index (χ1n) is 5.84. The minimum absolute atomic E-state index is 0.202. The van der Waals surface area contributed by atoms with E-state index in [9.17, 15) is 4.79 Å². The Morgan fingerprint density at radius 1 is 1.56 bits per heavy atom. The van der Waals surface area contributed by atoms with Crippen molar-refractivity contribution in [2.24, 2.45) is 5.92 Å². The second kappa shape index (κ2) is 5.21. The normalized spacial score (nSPS) is 23.8. The van der Waals surface area contributed by atoms with Crippen LogP contribution in [-0.4, -0.2) is 23.5 Å². The van der Waals surface area contributed by atoms with Gasteiger partial charge in [0, 0.05) is 31.0 Å². The lowest BCUT2D eigenvalue weighted by Crippen LogP contribution is -2.32. The number of rotatable bonds is 5. The largest absolute Gasteiger partial charge is 0.378 e. The minimum atomic E-state index is 0.202. The average molecular weight is 219 g/mol. The Morgan fingerprint density at radius 2 is 2.38 bits per heavy atom. The van der Waals surface area contributed by atoms with Gasteiger partial charge in [-0.05, 0) is 37.8 Å². The first-order valence-corrected chi connectivity index (χ1v) is 5.84. The van der Waals surface area contributed by atoms with Gasteiger partial charge in [0.05, 0.1) is 6.10 Å². The zero-order valence-corrected chi connectivity index (χ0v) is 9.56. The van der Waals surface area contributed by atoms with Gasteiger partial charge in [0.2, 0.25) is 0 Å². The maximum absolute atomic E-state index is 11.8. The highest BCUT2D eigenvalue weighted by Gasteiger charge is 2.31. The van der Waals surface area contributed by atoms with Crippen LogP contribution in [0.5, 0.6) is 0 Å². The van der Waals surface area contributed by atoms with Gasteiger partial charge in [0.15, 0.2) is 5.78 Å². The number of nitrogens with zero attached hydrogens (tertiary/aromatic N) is 1. The van der Waals surface area contributed by atoms with Crippen LogP contribution in [0.3, 0.4) is 0 Å². The van der Waals surface area contributed by atoms with Gasteiger partial charge >= 0.3 is 0 Å². The van der Waals surface area contributed by atoms with Crippen molar-refractivity contribution in [1.29, 1.82) is 0 Å². The van der Waals surface area contributed by atoms with E-state index in [0.29, 0.717) is 18.4 Å². The quantitative estimate of drug-likeness (QED) is 0.714. The van der Waals surface area contributed by atoms with Crippen LogP contribution in [0.25, 0.3) is 0 Å². The van der Waals surface area contributed by atoms with Crippen LogP contribution in [0.15, 0.2) is 24.5 Å². The molecule has 2 rings (SSSR count). The molecule has 86 valence electrons. The second-order valence-electron chi connectivity index (χ2n) is 4.28. The molecule has 0 aliphatic heterocycles. The second-order valence-corrected chi connectivity index (χ2v) is 4.28. The van der Waals surface area contributed by atoms with E-state index >= 15 is 0 Å². The third kappa shape index (κ3) is 2.67. The molecule has 1 saturated carbocycles. The van der Waals surface area contributed by atoms with Crippen molar-refractivity contribution >= 4 is 5.78 Å². The molecule has 1 aromatic rings. The summed E-state index contributed by atoms with van der Waals surface area (Å²) in [6, 6.07) is 3.63. The van der Waals surface area contributed by atoms with Gasteiger partial charge < -0.3 is 4.74 Å². The zero-order chi connectivity index (χ0) is 11.4. The number of pyridine rings is 1. The van der Waals surface area contributed by atoms with Crippen molar-refractivity contribution in [3.63, 3.8) is 0 Å². The van der Waals surface area contributed by atoms with Crippen molar-refractivity contribution in [3.8, 4) is 0 Å². The lowest BCUT2D eigenvalue weighted by atomic mass is 9.78. The average Bonchev–Trinajstić information content (AvgIpc) is 2.27. The number of aromatic nitrogens is 1. The van der Waals surface area contributed by atoms with E-state index in [0.717, 1.165) is 25.0 Å². The van der Waals surface area contributed by atoms with E-state index in [1.807, 2.05) is 13.0 Å². The first kappa shape index (κ1) is 11.3. The van der Waals surface area contributed by atoms with Crippen molar-refractivity contribution < 1.29 is 9.53 Å². The van der Waals surface area contributed by atoms with Crippen LogP contribution in [-0.2, 0) is 4.74 Å². The fourth-order valence-corrected chi connectivity index (χ4v) is 2.12. The Morgan fingerprint density at radius 3 is 3.00 bits per heavy atom. The highest BCUT2D eigenvalue weighted by molar-refractivity contribution is 5.95. The predicted molar refractivity (Wildman–Crippen MR) is 61.3 cm³/mol. The monoisotopic (exact) mass is 219 g/mol. The van der Waals surface area contributed by atoms with Crippen LogP contribution < -0.4 is 0 Å². The first-order chi connectivity index (χ1) is 7.79. The maximum atomic E-state index is 11.8. The molecule has 1 aliphatic rings. The molecule has 0 bridgehead atoms. The Balaban J connectivity index is 1.78. The van der Waals surface area contributed by atoms with Gasteiger partial charge in [-0.3, -0.25) is 9.78 Å². The molecule has 0 atom stereocenters. The van der Waals surface area contributed by atoms with Crippen LogP contribution in [0.1, 0.15) is 36.5 Å². The summed E-state index contributed by atoms with van der Waals surface area (Å²) < 4.78 is 5.47. The summed E-state index contributed by atoms with van der Waals surface area (Å²) in [7, 11) is 0. The van der Waals surface area contributed by atoms with E-state index in [1.54, 1.807) is 18.5 Å². The molecule has 1 fully saturated rings. The van der Waals surface area contributed by atoms with Gasteiger partial charge in [0.25, 0.3) is 0 Å². The molecule has 0 radical (unpaired) electrons. The molecule has 1 aromatic heterocycles. The van der Waals surface area contributed by atoms with Crippen LogP contribution >= 0.6 is 0 Å². The number of carbonyl (C=O) groups is 1. The molecule has 3 heteroatoms. The molecule has 1 heterocycles. The summed E-state index contributed by atoms with van der Waals surface area (Å²) >= 11 is 0. The van der Waals surface area contributed by atoms with Gasteiger partial charge in [-0.25, -0.2) is 0 Å². The number of ether oxygens (including phenoxy) is 1. The van der Waals surface area contributed by atoms with Crippen molar-refractivity contribution in [1.82, 2.24) is 4.98 Å². The van der Waals surface area contributed by atoms with E-state index in [2.05, 4.69) is 4.98 Å². The molecule has 1 aliphatic carbocycles. The number of ketones is 1. The van der Waals surface area contributed by atoms with Crippen molar-refractivity contribution in [2.75, 3.05) is 6.61 Å². The van der Waals surface area contributed by atoms with E-state index in [-0.39, 0.29) is 5.78 Å². The van der Waals surface area contributed by atoms with Crippen LogP contribution in [0.4, 0.5) is 0 Å². The molecule has 0 saturated heterocycles. The van der Waals surface area contributed by atoms with Crippen molar-refractivity contribution in [2.45, 2.75) is 32.3 Å². The van der Waals surface area contributed by atoms with Gasteiger partial charge in [0.1, 0.15) is 0 Å². The Kier molecular flexibility index (Phi) is 3.67. The zero-order valence-electron chi connectivity index (χ0n) is 9.56. The maximum Gasteiger partial charge on any atom is 0.164 e. The Bertz CT molecular complexity index is 344. The smallest absolute Gasteiger partial charge is 0.164 e. The summed E-state index contributed by atoms with van der Waals surface area (Å²) in [4.78, 5) is 15.8. The minimum Gasteiger partial charge on any atom is -0.378 e. The summed E-state index contributed by atoms with van der Waals surface area (Å²) in [6.07, 6.45) is 6.40. The number of hydrogen-bond donors (Lipinski definition) is 0. The van der Waals surface area contributed by atoms with Gasteiger partial charge in [-0.15, -0.1) is 0 Å². The Labute approximate surface area is 95.8 Å². The number of Topliss-reactive ketones (excluding diaryl/α,β-unsaturated/α-hetero) is 1. The highest BCUT2D eigenvalue weighted by atomic mass is 16.5.